The van der Waals surface area contributed by atoms with Crippen molar-refractivity contribution in [2.45, 2.75) is 26.0 Å². The van der Waals surface area contributed by atoms with E-state index in [4.69, 9.17) is 9.47 Å². The van der Waals surface area contributed by atoms with Crippen molar-refractivity contribution in [2.75, 3.05) is 12.0 Å². The molecule has 9 heteroatoms. The summed E-state index contributed by atoms with van der Waals surface area (Å²) in [5, 5.41) is 22.4. The zero-order chi connectivity index (χ0) is 26.0. The van der Waals surface area contributed by atoms with E-state index in [2.05, 4.69) is 0 Å². The quantitative estimate of drug-likeness (QED) is 0.163. The maximum Gasteiger partial charge on any atom is 0.300 e. The topological polar surface area (TPSA) is 119 Å². The summed E-state index contributed by atoms with van der Waals surface area (Å²) < 4.78 is 10.9. The van der Waals surface area contributed by atoms with Crippen molar-refractivity contribution in [1.82, 2.24) is 0 Å². The van der Waals surface area contributed by atoms with Gasteiger partial charge >= 0.3 is 0 Å². The monoisotopic (exact) mass is 488 g/mol. The van der Waals surface area contributed by atoms with E-state index < -0.39 is 28.4 Å². The number of Topliss-reactive ketones (excluding diaryl/α,β-unsaturated/α-hetero) is 1. The van der Waals surface area contributed by atoms with Crippen molar-refractivity contribution in [3.63, 3.8) is 0 Å². The summed E-state index contributed by atoms with van der Waals surface area (Å²) in [5.41, 5.74) is 0.599. The normalized spacial score (nSPS) is 16.9. The molecule has 1 unspecified atom stereocenters. The fourth-order valence-corrected chi connectivity index (χ4v) is 4.08. The highest BCUT2D eigenvalue weighted by Gasteiger charge is 2.47. The van der Waals surface area contributed by atoms with E-state index >= 15 is 0 Å². The molecule has 9 nitrogen and oxygen atoms in total. The van der Waals surface area contributed by atoms with Gasteiger partial charge in [0.25, 0.3) is 17.4 Å². The lowest BCUT2D eigenvalue weighted by atomic mass is 9.95. The molecule has 1 saturated heterocycles. The lowest BCUT2D eigenvalue weighted by molar-refractivity contribution is -0.384. The van der Waals surface area contributed by atoms with E-state index in [0.717, 1.165) is 6.07 Å². The molecule has 1 N–H and O–H groups in total. The van der Waals surface area contributed by atoms with Gasteiger partial charge in [-0.1, -0.05) is 24.3 Å². The van der Waals surface area contributed by atoms with E-state index in [9.17, 15) is 24.8 Å². The molecule has 4 rings (SSSR count). The van der Waals surface area contributed by atoms with Gasteiger partial charge in [0.15, 0.2) is 0 Å². The van der Waals surface area contributed by atoms with E-state index in [-0.39, 0.29) is 22.9 Å². The zero-order valence-electron chi connectivity index (χ0n) is 19.9. The fraction of sp³-hybridized carbons (Fsp3) is 0.185. The minimum atomic E-state index is -0.981. The Morgan fingerprint density at radius 3 is 2.22 bits per heavy atom. The molecule has 1 atom stereocenters. The van der Waals surface area contributed by atoms with Crippen LogP contribution in [0.1, 0.15) is 31.0 Å². The van der Waals surface area contributed by atoms with Crippen molar-refractivity contribution < 1.29 is 29.1 Å². The number of aliphatic hydroxyl groups excluding tert-OH is 1. The Hall–Kier alpha value is -4.66. The average molecular weight is 488 g/mol. The summed E-state index contributed by atoms with van der Waals surface area (Å²) in [6, 6.07) is 17.8. The van der Waals surface area contributed by atoms with Crippen molar-refractivity contribution in [3.05, 3.63) is 99.6 Å². The largest absolute Gasteiger partial charge is 0.507 e. The highest BCUT2D eigenvalue weighted by Crippen LogP contribution is 2.43. The smallest absolute Gasteiger partial charge is 0.300 e. The van der Waals surface area contributed by atoms with E-state index in [1.54, 1.807) is 48.5 Å². The SMILES string of the molecule is COc1ccc(N2C(=O)C(=O)/C(=C(\O)c3cccc([N+](=O)[O-])c3)C2c2ccc(OC(C)C)cc2)cc1. The number of ketones is 1. The van der Waals surface area contributed by atoms with Gasteiger partial charge in [-0.05, 0) is 55.8 Å². The Morgan fingerprint density at radius 2 is 1.64 bits per heavy atom. The molecule has 0 spiro atoms. The molecule has 184 valence electrons. The number of aliphatic hydroxyl groups is 1. The van der Waals surface area contributed by atoms with Crippen LogP contribution in [0.2, 0.25) is 0 Å². The number of non-ortho nitro benzene ring substituents is 1. The maximum absolute atomic E-state index is 13.2. The number of carbonyl (C=O) groups excluding carboxylic acids is 2. The number of nitro benzene ring substituents is 1. The van der Waals surface area contributed by atoms with Crippen molar-refractivity contribution in [2.24, 2.45) is 0 Å². The van der Waals surface area contributed by atoms with Crippen LogP contribution >= 0.6 is 0 Å². The van der Waals surface area contributed by atoms with Gasteiger partial charge in [-0.25, -0.2) is 0 Å². The highest BCUT2D eigenvalue weighted by atomic mass is 16.6. The number of methoxy groups -OCH3 is 1. The van der Waals surface area contributed by atoms with Crippen molar-refractivity contribution >= 4 is 28.8 Å². The number of benzene rings is 3. The molecule has 36 heavy (non-hydrogen) atoms. The number of rotatable bonds is 7. The summed E-state index contributed by atoms with van der Waals surface area (Å²) in [7, 11) is 1.51. The number of ether oxygens (including phenoxy) is 2. The molecular formula is C27H24N2O7. The minimum Gasteiger partial charge on any atom is -0.507 e. The molecule has 1 amide bonds. The second-order valence-electron chi connectivity index (χ2n) is 8.41. The van der Waals surface area contributed by atoms with Crippen LogP contribution in [-0.2, 0) is 9.59 Å². The van der Waals surface area contributed by atoms with E-state index in [1.807, 2.05) is 13.8 Å². The molecule has 1 aliphatic rings. The van der Waals surface area contributed by atoms with Gasteiger partial charge in [-0.2, -0.15) is 0 Å². The lowest BCUT2D eigenvalue weighted by Gasteiger charge is -2.26. The Kier molecular flexibility index (Phi) is 6.73. The van der Waals surface area contributed by atoms with Crippen molar-refractivity contribution in [1.29, 1.82) is 0 Å². The molecule has 0 aliphatic carbocycles. The minimum absolute atomic E-state index is 0.0466. The van der Waals surface area contributed by atoms with Crippen LogP contribution in [0.3, 0.4) is 0 Å². The Morgan fingerprint density at radius 1 is 1.00 bits per heavy atom. The third kappa shape index (κ3) is 4.63. The molecule has 1 fully saturated rings. The third-order valence-electron chi connectivity index (χ3n) is 5.69. The summed E-state index contributed by atoms with van der Waals surface area (Å²) >= 11 is 0. The Bertz CT molecular complexity index is 1350. The van der Waals surface area contributed by atoms with Gasteiger partial charge in [0, 0.05) is 23.4 Å². The number of nitro groups is 1. The zero-order valence-corrected chi connectivity index (χ0v) is 19.9. The number of anilines is 1. The average Bonchev–Trinajstić information content (AvgIpc) is 3.14. The first-order chi connectivity index (χ1) is 17.2. The van der Waals surface area contributed by atoms with Crippen LogP contribution in [0, 0.1) is 10.1 Å². The van der Waals surface area contributed by atoms with Gasteiger partial charge in [-0.15, -0.1) is 0 Å². The number of hydrogen-bond donors (Lipinski definition) is 1. The van der Waals surface area contributed by atoms with Gasteiger partial charge in [0.05, 0.1) is 29.8 Å². The fourth-order valence-electron chi connectivity index (χ4n) is 4.08. The van der Waals surface area contributed by atoms with Crippen LogP contribution in [0.15, 0.2) is 78.4 Å². The summed E-state index contributed by atoms with van der Waals surface area (Å²) in [6.07, 6.45) is -0.0466. The Balaban J connectivity index is 1.89. The molecule has 3 aromatic carbocycles. The first-order valence-corrected chi connectivity index (χ1v) is 11.2. The van der Waals surface area contributed by atoms with Gasteiger partial charge < -0.3 is 14.6 Å². The lowest BCUT2D eigenvalue weighted by Crippen LogP contribution is -2.29. The van der Waals surface area contributed by atoms with E-state index in [0.29, 0.717) is 22.7 Å². The summed E-state index contributed by atoms with van der Waals surface area (Å²) in [6.45, 7) is 3.79. The summed E-state index contributed by atoms with van der Waals surface area (Å²) in [4.78, 5) is 38.4. The number of nitrogens with zero attached hydrogens (tertiary/aromatic N) is 2. The Labute approximate surface area is 207 Å². The standard InChI is InChI=1S/C27H24N2O7/c1-16(2)36-22-11-7-17(8-12-22)24-23(25(30)18-5-4-6-20(15-18)29(33)34)26(31)27(32)28(24)19-9-13-21(35-3)14-10-19/h4-16,24,30H,1-3H3/b25-23-. The molecule has 0 radical (unpaired) electrons. The number of hydrogen-bond acceptors (Lipinski definition) is 7. The predicted molar refractivity (Wildman–Crippen MR) is 133 cm³/mol. The third-order valence-corrected chi connectivity index (χ3v) is 5.69. The van der Waals surface area contributed by atoms with Crippen LogP contribution in [0.5, 0.6) is 11.5 Å². The molecule has 1 aliphatic heterocycles. The van der Waals surface area contributed by atoms with Crippen molar-refractivity contribution in [3.8, 4) is 11.5 Å². The van der Waals surface area contributed by atoms with Gasteiger partial charge in [-0.3, -0.25) is 24.6 Å². The second kappa shape index (κ2) is 9.91. The predicted octanol–water partition coefficient (Wildman–Crippen LogP) is 5.02. The molecule has 0 aromatic heterocycles. The summed E-state index contributed by atoms with van der Waals surface area (Å²) in [5.74, 6) is -1.06. The van der Waals surface area contributed by atoms with Crippen LogP contribution in [0.25, 0.3) is 5.76 Å². The maximum atomic E-state index is 13.2. The molecule has 3 aromatic rings. The second-order valence-corrected chi connectivity index (χ2v) is 8.41. The molecule has 0 saturated carbocycles. The van der Waals surface area contributed by atoms with Gasteiger partial charge in [0.1, 0.15) is 17.3 Å². The van der Waals surface area contributed by atoms with Crippen LogP contribution in [-0.4, -0.2) is 34.9 Å². The highest BCUT2D eigenvalue weighted by molar-refractivity contribution is 6.51. The molecule has 1 heterocycles. The first-order valence-electron chi connectivity index (χ1n) is 11.2. The number of carbonyl (C=O) groups is 2. The van der Waals surface area contributed by atoms with Crippen LogP contribution < -0.4 is 14.4 Å². The molecule has 0 bridgehead atoms. The number of amides is 1. The van der Waals surface area contributed by atoms with Crippen LogP contribution in [0.4, 0.5) is 11.4 Å². The van der Waals surface area contributed by atoms with E-state index in [1.165, 1.54) is 30.2 Å². The molecular weight excluding hydrogens is 464 g/mol. The first kappa shape index (κ1) is 24.5. The van der Waals surface area contributed by atoms with Gasteiger partial charge in [0.2, 0.25) is 0 Å².